The van der Waals surface area contributed by atoms with Crippen molar-refractivity contribution in [3.05, 3.63) is 29.8 Å². The summed E-state index contributed by atoms with van der Waals surface area (Å²) in [7, 11) is 0. The molecular formula is C14H22N2O. The molecule has 0 saturated carbocycles. The van der Waals surface area contributed by atoms with Gasteiger partial charge in [0.1, 0.15) is 0 Å². The van der Waals surface area contributed by atoms with Crippen LogP contribution in [0.15, 0.2) is 24.3 Å². The molecule has 0 heterocycles. The van der Waals surface area contributed by atoms with Gasteiger partial charge in [-0.15, -0.1) is 0 Å². The van der Waals surface area contributed by atoms with Crippen molar-refractivity contribution >= 4 is 11.6 Å². The predicted molar refractivity (Wildman–Crippen MR) is 72.1 cm³/mol. The van der Waals surface area contributed by atoms with Crippen LogP contribution in [-0.4, -0.2) is 12.5 Å². The van der Waals surface area contributed by atoms with Crippen LogP contribution in [0.2, 0.25) is 0 Å². The van der Waals surface area contributed by atoms with Gasteiger partial charge in [-0.2, -0.15) is 0 Å². The maximum atomic E-state index is 11.5. The summed E-state index contributed by atoms with van der Waals surface area (Å²) in [5, 5.41) is 2.87. The maximum Gasteiger partial charge on any atom is 0.224 e. The first-order valence-electron chi connectivity index (χ1n) is 6.27. The molecule has 1 aromatic rings. The molecule has 3 N–H and O–H groups in total. The molecule has 1 amide bonds. The first-order chi connectivity index (χ1) is 8.17. The highest BCUT2D eigenvalue weighted by atomic mass is 16.1. The number of nitrogens with two attached hydrogens (primary N) is 1. The molecule has 0 aliphatic carbocycles. The molecule has 1 unspecified atom stereocenters. The highest BCUT2D eigenvalue weighted by molar-refractivity contribution is 5.90. The third kappa shape index (κ3) is 4.57. The van der Waals surface area contributed by atoms with E-state index in [1.165, 1.54) is 5.56 Å². The average molecular weight is 234 g/mol. The summed E-state index contributed by atoms with van der Waals surface area (Å²) in [5.74, 6) is 0.601. The molecule has 0 fully saturated rings. The molecule has 0 aromatic heterocycles. The van der Waals surface area contributed by atoms with E-state index >= 15 is 0 Å². The average Bonchev–Trinajstić information content (AvgIpc) is 2.36. The highest BCUT2D eigenvalue weighted by Gasteiger charge is 2.04. The predicted octanol–water partition coefficient (Wildman–Crippen LogP) is 2.88. The van der Waals surface area contributed by atoms with Crippen molar-refractivity contribution in [2.45, 2.75) is 39.0 Å². The summed E-state index contributed by atoms with van der Waals surface area (Å²) in [6, 6.07) is 8.07. The minimum atomic E-state index is 0.0340. The van der Waals surface area contributed by atoms with Crippen molar-refractivity contribution in [3.8, 4) is 0 Å². The van der Waals surface area contributed by atoms with Gasteiger partial charge in [0.15, 0.2) is 0 Å². The summed E-state index contributed by atoms with van der Waals surface area (Å²) in [6.45, 7) is 4.93. The van der Waals surface area contributed by atoms with Crippen molar-refractivity contribution < 1.29 is 4.79 Å². The van der Waals surface area contributed by atoms with E-state index in [1.54, 1.807) is 0 Å². The molecule has 94 valence electrons. The van der Waals surface area contributed by atoms with Crippen LogP contribution in [0.25, 0.3) is 0 Å². The summed E-state index contributed by atoms with van der Waals surface area (Å²) in [4.78, 5) is 11.5. The second-order valence-corrected chi connectivity index (χ2v) is 4.37. The van der Waals surface area contributed by atoms with E-state index in [-0.39, 0.29) is 5.91 Å². The van der Waals surface area contributed by atoms with Crippen LogP contribution in [0, 0.1) is 0 Å². The fraction of sp³-hybridized carbons (Fsp3) is 0.500. The Balaban J connectivity index is 2.53. The Bertz CT molecular complexity index is 346. The second kappa shape index (κ2) is 7.07. The van der Waals surface area contributed by atoms with Crippen LogP contribution in [-0.2, 0) is 4.79 Å². The van der Waals surface area contributed by atoms with Crippen molar-refractivity contribution in [2.24, 2.45) is 5.73 Å². The van der Waals surface area contributed by atoms with E-state index < -0.39 is 0 Å². The SMILES string of the molecule is CCC(C)c1ccc(NC(=O)CCCN)cc1. The lowest BCUT2D eigenvalue weighted by atomic mass is 9.99. The number of benzene rings is 1. The Morgan fingerprint density at radius 1 is 1.35 bits per heavy atom. The van der Waals surface area contributed by atoms with Crippen molar-refractivity contribution in [3.63, 3.8) is 0 Å². The number of hydrogen-bond acceptors (Lipinski definition) is 2. The van der Waals surface area contributed by atoms with Gasteiger partial charge >= 0.3 is 0 Å². The number of anilines is 1. The minimum Gasteiger partial charge on any atom is -0.330 e. The zero-order valence-electron chi connectivity index (χ0n) is 10.7. The highest BCUT2D eigenvalue weighted by Crippen LogP contribution is 2.20. The normalized spacial score (nSPS) is 12.2. The monoisotopic (exact) mass is 234 g/mol. The fourth-order valence-electron chi connectivity index (χ4n) is 1.62. The number of rotatable bonds is 6. The van der Waals surface area contributed by atoms with Gasteiger partial charge in [-0.25, -0.2) is 0 Å². The molecule has 1 atom stereocenters. The number of hydrogen-bond donors (Lipinski definition) is 2. The molecule has 1 aromatic carbocycles. The van der Waals surface area contributed by atoms with Gasteiger partial charge in [0.05, 0.1) is 0 Å². The summed E-state index contributed by atoms with van der Waals surface area (Å²) < 4.78 is 0. The van der Waals surface area contributed by atoms with Crippen molar-refractivity contribution in [1.29, 1.82) is 0 Å². The van der Waals surface area contributed by atoms with E-state index in [2.05, 4.69) is 31.3 Å². The summed E-state index contributed by atoms with van der Waals surface area (Å²) in [6.07, 6.45) is 2.35. The van der Waals surface area contributed by atoms with E-state index in [0.717, 1.165) is 18.5 Å². The lowest BCUT2D eigenvalue weighted by Crippen LogP contribution is -2.13. The molecule has 0 aliphatic rings. The van der Waals surface area contributed by atoms with Gasteiger partial charge in [-0.05, 0) is 43.0 Å². The Labute approximate surface area is 103 Å². The number of carbonyl (C=O) groups excluding carboxylic acids is 1. The van der Waals surface area contributed by atoms with Crippen LogP contribution in [0.3, 0.4) is 0 Å². The molecule has 3 heteroatoms. The lowest BCUT2D eigenvalue weighted by molar-refractivity contribution is -0.116. The van der Waals surface area contributed by atoms with Crippen molar-refractivity contribution in [2.75, 3.05) is 11.9 Å². The van der Waals surface area contributed by atoms with Gasteiger partial charge in [0.2, 0.25) is 5.91 Å². The van der Waals surface area contributed by atoms with E-state index in [1.807, 2.05) is 12.1 Å². The molecule has 0 bridgehead atoms. The molecule has 0 spiro atoms. The number of nitrogens with one attached hydrogen (secondary N) is 1. The Morgan fingerprint density at radius 3 is 2.53 bits per heavy atom. The Hall–Kier alpha value is -1.35. The topological polar surface area (TPSA) is 55.1 Å². The van der Waals surface area contributed by atoms with Gasteiger partial charge in [0, 0.05) is 12.1 Å². The van der Waals surface area contributed by atoms with Crippen molar-refractivity contribution in [1.82, 2.24) is 0 Å². The first-order valence-corrected chi connectivity index (χ1v) is 6.27. The third-order valence-corrected chi connectivity index (χ3v) is 2.98. The molecule has 0 radical (unpaired) electrons. The number of carbonyl (C=O) groups is 1. The fourth-order valence-corrected chi connectivity index (χ4v) is 1.62. The van der Waals surface area contributed by atoms with E-state index in [9.17, 15) is 4.79 Å². The van der Waals surface area contributed by atoms with Crippen LogP contribution >= 0.6 is 0 Å². The van der Waals surface area contributed by atoms with E-state index in [0.29, 0.717) is 18.9 Å². The zero-order valence-corrected chi connectivity index (χ0v) is 10.7. The molecule has 1 rings (SSSR count). The molecule has 3 nitrogen and oxygen atoms in total. The zero-order chi connectivity index (χ0) is 12.7. The van der Waals surface area contributed by atoms with E-state index in [4.69, 9.17) is 5.73 Å². The maximum absolute atomic E-state index is 11.5. The third-order valence-electron chi connectivity index (χ3n) is 2.98. The van der Waals surface area contributed by atoms with Gasteiger partial charge in [-0.3, -0.25) is 4.79 Å². The quantitative estimate of drug-likeness (QED) is 0.795. The summed E-state index contributed by atoms with van der Waals surface area (Å²) in [5.41, 5.74) is 7.53. The minimum absolute atomic E-state index is 0.0340. The van der Waals surface area contributed by atoms with Crippen LogP contribution in [0.5, 0.6) is 0 Å². The number of amides is 1. The van der Waals surface area contributed by atoms with Gasteiger partial charge < -0.3 is 11.1 Å². The van der Waals surface area contributed by atoms with Gasteiger partial charge in [-0.1, -0.05) is 26.0 Å². The smallest absolute Gasteiger partial charge is 0.224 e. The Morgan fingerprint density at radius 2 is 2.00 bits per heavy atom. The van der Waals surface area contributed by atoms with Crippen LogP contribution in [0.4, 0.5) is 5.69 Å². The molecular weight excluding hydrogens is 212 g/mol. The largest absolute Gasteiger partial charge is 0.330 e. The standard InChI is InChI=1S/C14H22N2O/c1-3-11(2)12-6-8-13(9-7-12)16-14(17)5-4-10-15/h6-9,11H,3-5,10,15H2,1-2H3,(H,16,17). The molecule has 0 saturated heterocycles. The van der Waals surface area contributed by atoms with Crippen LogP contribution in [0.1, 0.15) is 44.6 Å². The first kappa shape index (κ1) is 13.7. The van der Waals surface area contributed by atoms with Gasteiger partial charge in [0.25, 0.3) is 0 Å². The second-order valence-electron chi connectivity index (χ2n) is 4.37. The lowest BCUT2D eigenvalue weighted by Gasteiger charge is -2.10. The Kier molecular flexibility index (Phi) is 5.70. The van der Waals surface area contributed by atoms with Crippen LogP contribution < -0.4 is 11.1 Å². The molecule has 0 aliphatic heterocycles. The summed E-state index contributed by atoms with van der Waals surface area (Å²) >= 11 is 0. The molecule has 17 heavy (non-hydrogen) atoms.